The molecule has 0 unspecified atom stereocenters. The molecule has 0 bridgehead atoms. The monoisotopic (exact) mass is 236 g/mol. The first kappa shape index (κ1) is 14.8. The van der Waals surface area contributed by atoms with Crippen LogP contribution in [0, 0.1) is 5.92 Å². The lowest BCUT2D eigenvalue weighted by atomic mass is 10.1. The highest BCUT2D eigenvalue weighted by Gasteiger charge is 2.22. The van der Waals surface area contributed by atoms with E-state index >= 15 is 0 Å². The first-order valence-electron chi connectivity index (χ1n) is 8.01. The van der Waals surface area contributed by atoms with E-state index in [4.69, 9.17) is 0 Å². The summed E-state index contributed by atoms with van der Waals surface area (Å²) in [5.74, 6) is 0.980. The maximum Gasteiger partial charge on any atom is -0.0206 e. The number of hydrogen-bond donors (Lipinski definition) is 0. The molecule has 0 N–H and O–H groups in total. The number of hydrogen-bond acceptors (Lipinski definition) is 0. The third-order valence-corrected chi connectivity index (χ3v) is 4.00. The third kappa shape index (κ3) is 8.46. The van der Waals surface area contributed by atoms with E-state index in [9.17, 15) is 0 Å². The van der Waals surface area contributed by atoms with Gasteiger partial charge in [0.25, 0.3) is 0 Å². The van der Waals surface area contributed by atoms with Crippen LogP contribution < -0.4 is 0 Å². The molecule has 1 saturated carbocycles. The quantitative estimate of drug-likeness (QED) is 0.293. The Kier molecular flexibility index (Phi) is 8.48. The molecular weight excluding hydrogens is 204 g/mol. The maximum absolute atomic E-state index is 2.50. The second-order valence-corrected chi connectivity index (χ2v) is 5.84. The molecule has 0 heteroatoms. The van der Waals surface area contributed by atoms with Crippen molar-refractivity contribution in [1.29, 1.82) is 0 Å². The van der Waals surface area contributed by atoms with Crippen LogP contribution in [0.15, 0.2) is 11.6 Å². The zero-order chi connectivity index (χ0) is 12.3. The van der Waals surface area contributed by atoms with Gasteiger partial charge < -0.3 is 0 Å². The van der Waals surface area contributed by atoms with E-state index in [-0.39, 0.29) is 0 Å². The summed E-state index contributed by atoms with van der Waals surface area (Å²) in [6.07, 6.45) is 19.7. The van der Waals surface area contributed by atoms with Crippen LogP contribution in [-0.4, -0.2) is 0 Å². The Morgan fingerprint density at radius 3 is 1.94 bits per heavy atom. The highest BCUT2D eigenvalue weighted by Crippen LogP contribution is 2.36. The molecule has 0 saturated heterocycles. The first-order chi connectivity index (χ1) is 8.34. The summed E-state index contributed by atoms with van der Waals surface area (Å²) in [4.78, 5) is 0. The van der Waals surface area contributed by atoms with Crippen molar-refractivity contribution >= 4 is 0 Å². The van der Waals surface area contributed by atoms with Gasteiger partial charge in [0.2, 0.25) is 0 Å². The minimum atomic E-state index is 0.980. The Labute approximate surface area is 109 Å². The minimum Gasteiger partial charge on any atom is -0.0853 e. The van der Waals surface area contributed by atoms with E-state index in [1.165, 1.54) is 77.0 Å². The van der Waals surface area contributed by atoms with Crippen molar-refractivity contribution in [3.05, 3.63) is 11.6 Å². The highest BCUT2D eigenvalue weighted by atomic mass is 14.3. The second-order valence-electron chi connectivity index (χ2n) is 5.84. The van der Waals surface area contributed by atoms with Crippen molar-refractivity contribution in [1.82, 2.24) is 0 Å². The van der Waals surface area contributed by atoms with Crippen molar-refractivity contribution in [3.63, 3.8) is 0 Å². The van der Waals surface area contributed by atoms with Crippen LogP contribution in [0.25, 0.3) is 0 Å². The molecule has 0 heterocycles. The molecule has 100 valence electrons. The lowest BCUT2D eigenvalue weighted by molar-refractivity contribution is 0.566. The van der Waals surface area contributed by atoms with Gasteiger partial charge in [0, 0.05) is 0 Å². The van der Waals surface area contributed by atoms with Crippen LogP contribution in [-0.2, 0) is 0 Å². The standard InChI is InChI=1S/C17H32/c1-3-4-5-6-7-8-9-10-11-12-13-16(2)17-14-15-17/h13,17H,3-12,14-15H2,1-2H3/b16-13+. The molecule has 1 aliphatic rings. The number of unbranched alkanes of at least 4 members (excludes halogenated alkanes) is 9. The Morgan fingerprint density at radius 1 is 0.882 bits per heavy atom. The van der Waals surface area contributed by atoms with Crippen LogP contribution in [0.2, 0.25) is 0 Å². The van der Waals surface area contributed by atoms with Crippen molar-refractivity contribution in [2.24, 2.45) is 5.92 Å². The zero-order valence-corrected chi connectivity index (χ0v) is 12.1. The summed E-state index contributed by atoms with van der Waals surface area (Å²) in [6.45, 7) is 4.61. The Balaban J connectivity index is 1.76. The minimum absolute atomic E-state index is 0.980. The highest BCUT2D eigenvalue weighted by molar-refractivity contribution is 5.09. The fraction of sp³-hybridized carbons (Fsp3) is 0.882. The Hall–Kier alpha value is -0.260. The predicted molar refractivity (Wildman–Crippen MR) is 78.3 cm³/mol. The molecule has 0 amide bonds. The maximum atomic E-state index is 2.50. The molecular formula is C17H32. The normalized spacial score (nSPS) is 16.5. The second kappa shape index (κ2) is 9.74. The Morgan fingerprint density at radius 2 is 1.41 bits per heavy atom. The van der Waals surface area contributed by atoms with Gasteiger partial charge in [0.15, 0.2) is 0 Å². The summed E-state index contributed by atoms with van der Waals surface area (Å²) in [6, 6.07) is 0. The fourth-order valence-electron chi connectivity index (χ4n) is 2.49. The van der Waals surface area contributed by atoms with E-state index in [1.807, 2.05) is 0 Å². The lowest BCUT2D eigenvalue weighted by Gasteiger charge is -2.01. The van der Waals surface area contributed by atoms with Crippen LogP contribution in [0.4, 0.5) is 0 Å². The Bertz CT molecular complexity index is 198. The average molecular weight is 236 g/mol. The molecule has 0 spiro atoms. The summed E-state index contributed by atoms with van der Waals surface area (Å²) >= 11 is 0. The van der Waals surface area contributed by atoms with Crippen molar-refractivity contribution in [3.8, 4) is 0 Å². The SMILES string of the molecule is CCCCCCCCCCC/C=C(\C)C1CC1. The average Bonchev–Trinajstić information content (AvgIpc) is 3.15. The molecule has 0 radical (unpaired) electrons. The fourth-order valence-corrected chi connectivity index (χ4v) is 2.49. The van der Waals surface area contributed by atoms with Crippen molar-refractivity contribution < 1.29 is 0 Å². The van der Waals surface area contributed by atoms with Crippen LogP contribution in [0.1, 0.15) is 90.9 Å². The van der Waals surface area contributed by atoms with E-state index in [2.05, 4.69) is 19.9 Å². The zero-order valence-electron chi connectivity index (χ0n) is 12.1. The first-order valence-corrected chi connectivity index (χ1v) is 8.01. The van der Waals surface area contributed by atoms with E-state index < -0.39 is 0 Å². The van der Waals surface area contributed by atoms with Gasteiger partial charge in [-0.05, 0) is 38.5 Å². The van der Waals surface area contributed by atoms with Gasteiger partial charge >= 0.3 is 0 Å². The van der Waals surface area contributed by atoms with Gasteiger partial charge in [-0.2, -0.15) is 0 Å². The molecule has 1 rings (SSSR count). The van der Waals surface area contributed by atoms with Crippen LogP contribution in [0.5, 0.6) is 0 Å². The van der Waals surface area contributed by atoms with E-state index in [0.717, 1.165) is 5.92 Å². The van der Waals surface area contributed by atoms with Crippen molar-refractivity contribution in [2.75, 3.05) is 0 Å². The predicted octanol–water partition coefficient (Wildman–Crippen LogP) is 6.26. The van der Waals surface area contributed by atoms with Gasteiger partial charge in [0.1, 0.15) is 0 Å². The number of allylic oxidation sites excluding steroid dienone is 2. The molecule has 1 aliphatic carbocycles. The molecule has 0 aromatic rings. The van der Waals surface area contributed by atoms with Gasteiger partial charge in [0.05, 0.1) is 0 Å². The smallest absolute Gasteiger partial charge is 0.0206 e. The van der Waals surface area contributed by atoms with E-state index in [0.29, 0.717) is 0 Å². The summed E-state index contributed by atoms with van der Waals surface area (Å²) in [7, 11) is 0. The molecule has 0 aromatic heterocycles. The van der Waals surface area contributed by atoms with Gasteiger partial charge in [-0.1, -0.05) is 69.9 Å². The largest absolute Gasteiger partial charge is 0.0853 e. The molecule has 1 fully saturated rings. The molecule has 0 atom stereocenters. The summed E-state index contributed by atoms with van der Waals surface area (Å²) < 4.78 is 0. The van der Waals surface area contributed by atoms with Crippen LogP contribution >= 0.6 is 0 Å². The topological polar surface area (TPSA) is 0 Å². The summed E-state index contributed by atoms with van der Waals surface area (Å²) in [5.41, 5.74) is 1.67. The third-order valence-electron chi connectivity index (χ3n) is 4.00. The van der Waals surface area contributed by atoms with E-state index in [1.54, 1.807) is 5.57 Å². The van der Waals surface area contributed by atoms with Gasteiger partial charge in [-0.25, -0.2) is 0 Å². The van der Waals surface area contributed by atoms with Gasteiger partial charge in [-0.3, -0.25) is 0 Å². The van der Waals surface area contributed by atoms with Gasteiger partial charge in [-0.15, -0.1) is 0 Å². The molecule has 0 nitrogen and oxygen atoms in total. The lowest BCUT2D eigenvalue weighted by Crippen LogP contribution is -1.82. The molecule has 17 heavy (non-hydrogen) atoms. The van der Waals surface area contributed by atoms with Crippen molar-refractivity contribution in [2.45, 2.75) is 90.9 Å². The van der Waals surface area contributed by atoms with Crippen LogP contribution in [0.3, 0.4) is 0 Å². The molecule has 0 aromatic carbocycles. The number of rotatable bonds is 11. The summed E-state index contributed by atoms with van der Waals surface area (Å²) in [5, 5.41) is 0. The molecule has 0 aliphatic heterocycles.